The molecule has 1 atom stereocenters. The zero-order chi connectivity index (χ0) is 19.6. The smallest absolute Gasteiger partial charge is 0.182 e. The summed E-state index contributed by atoms with van der Waals surface area (Å²) in [5.74, 6) is -1.70. The van der Waals surface area contributed by atoms with Crippen LogP contribution in [-0.4, -0.2) is 21.5 Å². The fraction of sp³-hybridized carbons (Fsp3) is 0.250. The molecule has 0 saturated heterocycles. The molecule has 0 bridgehead atoms. The Morgan fingerprint density at radius 1 is 1.26 bits per heavy atom. The highest BCUT2D eigenvalue weighted by Crippen LogP contribution is 2.25. The summed E-state index contributed by atoms with van der Waals surface area (Å²) in [7, 11) is 0. The molecule has 0 fully saturated rings. The molecule has 27 heavy (non-hydrogen) atoms. The Hall–Kier alpha value is -3.09. The Balaban J connectivity index is 1.93. The van der Waals surface area contributed by atoms with Crippen LogP contribution in [0.1, 0.15) is 35.1 Å². The van der Waals surface area contributed by atoms with E-state index in [1.165, 1.54) is 6.07 Å². The van der Waals surface area contributed by atoms with Crippen molar-refractivity contribution in [3.05, 3.63) is 65.1 Å². The molecule has 7 heteroatoms. The molecule has 1 aromatic carbocycles. The topological polar surface area (TPSA) is 60.7 Å². The number of nitrogens with zero attached hydrogens (tertiary/aromatic N) is 2. The lowest BCUT2D eigenvalue weighted by molar-refractivity contribution is -0.110. The third-order valence-corrected chi connectivity index (χ3v) is 4.23. The molecule has 0 amide bonds. The summed E-state index contributed by atoms with van der Waals surface area (Å²) in [6.45, 7) is 3.04. The molecule has 2 heterocycles. The standard InChI is InChI=1S/C20H18F2N2O3/c1-12(10-25)9-17(26)19-13(2)23-20-18(7-4-8-24(19)20)27-11-14-15(21)5-3-6-16(14)22/h3-8,10,12H,9,11H2,1-2H3/t12-/m1/s1. The highest BCUT2D eigenvalue weighted by atomic mass is 19.1. The highest BCUT2D eigenvalue weighted by Gasteiger charge is 2.20. The third kappa shape index (κ3) is 3.72. The van der Waals surface area contributed by atoms with Crippen molar-refractivity contribution in [3.63, 3.8) is 0 Å². The van der Waals surface area contributed by atoms with Crippen LogP contribution in [0.3, 0.4) is 0 Å². The number of carbonyl (C=O) groups excluding carboxylic acids is 2. The number of ketones is 1. The minimum absolute atomic E-state index is 0.0731. The van der Waals surface area contributed by atoms with Gasteiger partial charge in [0.25, 0.3) is 0 Å². The normalized spacial score (nSPS) is 12.1. The molecule has 0 aliphatic heterocycles. The van der Waals surface area contributed by atoms with Gasteiger partial charge >= 0.3 is 0 Å². The van der Waals surface area contributed by atoms with Gasteiger partial charge in [-0.15, -0.1) is 0 Å². The van der Waals surface area contributed by atoms with E-state index >= 15 is 0 Å². The molecule has 2 aromatic heterocycles. The number of halogens is 2. The number of benzene rings is 1. The number of aldehydes is 1. The first-order valence-electron chi connectivity index (χ1n) is 8.44. The summed E-state index contributed by atoms with van der Waals surface area (Å²) in [6, 6.07) is 6.87. The number of hydrogen-bond donors (Lipinski definition) is 0. The number of rotatable bonds is 7. The summed E-state index contributed by atoms with van der Waals surface area (Å²) in [5, 5.41) is 0. The molecule has 0 unspecified atom stereocenters. The molecule has 0 spiro atoms. The van der Waals surface area contributed by atoms with Gasteiger partial charge in [-0.3, -0.25) is 9.20 Å². The van der Waals surface area contributed by atoms with E-state index in [2.05, 4.69) is 4.98 Å². The molecule has 0 saturated carbocycles. The van der Waals surface area contributed by atoms with Crippen LogP contribution in [0, 0.1) is 24.5 Å². The number of aryl methyl sites for hydroxylation is 1. The Kier molecular flexibility index (Phi) is 5.30. The van der Waals surface area contributed by atoms with E-state index in [1.54, 1.807) is 36.6 Å². The van der Waals surface area contributed by atoms with Crippen LogP contribution in [0.5, 0.6) is 5.75 Å². The Morgan fingerprint density at radius 3 is 2.63 bits per heavy atom. The van der Waals surface area contributed by atoms with Gasteiger partial charge < -0.3 is 9.53 Å². The van der Waals surface area contributed by atoms with E-state index in [-0.39, 0.29) is 24.4 Å². The molecule has 3 aromatic rings. The lowest BCUT2D eigenvalue weighted by Gasteiger charge is -2.10. The van der Waals surface area contributed by atoms with Gasteiger partial charge in [0.05, 0.1) is 11.3 Å². The number of ether oxygens (including phenoxy) is 1. The zero-order valence-corrected chi connectivity index (χ0v) is 14.9. The Labute approximate surface area is 154 Å². The number of aromatic nitrogens is 2. The Bertz CT molecular complexity index is 994. The molecule has 0 aliphatic rings. The molecular weight excluding hydrogens is 354 g/mol. The van der Waals surface area contributed by atoms with Crippen LogP contribution in [0.2, 0.25) is 0 Å². The maximum absolute atomic E-state index is 13.8. The summed E-state index contributed by atoms with van der Waals surface area (Å²) in [6.07, 6.45) is 2.46. The third-order valence-electron chi connectivity index (χ3n) is 4.23. The first-order valence-corrected chi connectivity index (χ1v) is 8.44. The maximum Gasteiger partial charge on any atom is 0.182 e. The average molecular weight is 372 g/mol. The second kappa shape index (κ2) is 7.65. The second-order valence-electron chi connectivity index (χ2n) is 6.34. The van der Waals surface area contributed by atoms with Gasteiger partial charge in [0.15, 0.2) is 17.2 Å². The van der Waals surface area contributed by atoms with E-state index < -0.39 is 17.6 Å². The first kappa shape index (κ1) is 18.7. The van der Waals surface area contributed by atoms with Gasteiger partial charge in [-0.1, -0.05) is 13.0 Å². The van der Waals surface area contributed by atoms with E-state index in [0.29, 0.717) is 22.8 Å². The van der Waals surface area contributed by atoms with Gasteiger partial charge in [-0.25, -0.2) is 13.8 Å². The van der Waals surface area contributed by atoms with Crippen LogP contribution in [0.15, 0.2) is 36.5 Å². The lowest BCUT2D eigenvalue weighted by atomic mass is 10.0. The Morgan fingerprint density at radius 2 is 1.96 bits per heavy atom. The molecule has 0 radical (unpaired) electrons. The average Bonchev–Trinajstić information content (AvgIpc) is 2.97. The molecule has 0 N–H and O–H groups in total. The van der Waals surface area contributed by atoms with Crippen molar-refractivity contribution in [2.24, 2.45) is 5.92 Å². The fourth-order valence-electron chi connectivity index (χ4n) is 2.86. The molecular formula is C20H18F2N2O3. The van der Waals surface area contributed by atoms with Crippen LogP contribution < -0.4 is 4.74 Å². The highest BCUT2D eigenvalue weighted by molar-refractivity contribution is 5.97. The van der Waals surface area contributed by atoms with Gasteiger partial charge in [0.1, 0.15) is 30.2 Å². The number of pyridine rings is 1. The number of fused-ring (bicyclic) bond motifs is 1. The summed E-state index contributed by atoms with van der Waals surface area (Å²) in [5.41, 5.74) is 1.04. The predicted molar refractivity (Wildman–Crippen MR) is 94.8 cm³/mol. The monoisotopic (exact) mass is 372 g/mol. The van der Waals surface area contributed by atoms with Gasteiger partial charge in [-0.05, 0) is 31.2 Å². The molecule has 0 aliphatic carbocycles. The van der Waals surface area contributed by atoms with Crippen molar-refractivity contribution >= 4 is 17.7 Å². The number of carbonyl (C=O) groups is 2. The zero-order valence-electron chi connectivity index (χ0n) is 14.9. The van der Waals surface area contributed by atoms with Crippen molar-refractivity contribution in [2.75, 3.05) is 0 Å². The number of imidazole rings is 1. The minimum Gasteiger partial charge on any atom is -0.485 e. The van der Waals surface area contributed by atoms with Gasteiger partial charge in [0, 0.05) is 18.5 Å². The lowest BCUT2D eigenvalue weighted by Crippen LogP contribution is -2.11. The maximum atomic E-state index is 13.8. The SMILES string of the molecule is Cc1nc2c(OCc3c(F)cccc3F)cccn2c1C(=O)C[C@@H](C)C=O. The van der Waals surface area contributed by atoms with Crippen molar-refractivity contribution in [2.45, 2.75) is 26.9 Å². The van der Waals surface area contributed by atoms with Gasteiger partial charge in [-0.2, -0.15) is 0 Å². The summed E-state index contributed by atoms with van der Waals surface area (Å²) in [4.78, 5) is 27.7. The van der Waals surface area contributed by atoms with Crippen molar-refractivity contribution in [1.29, 1.82) is 0 Å². The van der Waals surface area contributed by atoms with Crippen molar-refractivity contribution < 1.29 is 23.1 Å². The second-order valence-corrected chi connectivity index (χ2v) is 6.34. The van der Waals surface area contributed by atoms with E-state index in [1.807, 2.05) is 0 Å². The fourth-order valence-corrected chi connectivity index (χ4v) is 2.86. The largest absolute Gasteiger partial charge is 0.485 e. The van der Waals surface area contributed by atoms with Crippen molar-refractivity contribution in [3.8, 4) is 5.75 Å². The molecule has 140 valence electrons. The quantitative estimate of drug-likeness (QED) is 0.466. The van der Waals surface area contributed by atoms with Crippen LogP contribution in [-0.2, 0) is 11.4 Å². The summed E-state index contributed by atoms with van der Waals surface area (Å²) < 4.78 is 34.7. The van der Waals surface area contributed by atoms with E-state index in [9.17, 15) is 18.4 Å². The molecule has 3 rings (SSSR count). The predicted octanol–water partition coefficient (Wildman–Crippen LogP) is 3.91. The van der Waals surface area contributed by atoms with E-state index in [4.69, 9.17) is 4.74 Å². The first-order chi connectivity index (χ1) is 12.9. The van der Waals surface area contributed by atoms with Crippen molar-refractivity contribution in [1.82, 2.24) is 9.38 Å². The van der Waals surface area contributed by atoms with E-state index in [0.717, 1.165) is 18.4 Å². The van der Waals surface area contributed by atoms with Crippen LogP contribution >= 0.6 is 0 Å². The molecule has 5 nitrogen and oxygen atoms in total. The van der Waals surface area contributed by atoms with Gasteiger partial charge in [0.2, 0.25) is 0 Å². The minimum atomic E-state index is -0.694. The summed E-state index contributed by atoms with van der Waals surface area (Å²) >= 11 is 0. The number of hydrogen-bond acceptors (Lipinski definition) is 4. The number of Topliss-reactive ketones (excluding diaryl/α,β-unsaturated/α-hetero) is 1. The van der Waals surface area contributed by atoms with Crippen LogP contribution in [0.4, 0.5) is 8.78 Å². The van der Waals surface area contributed by atoms with Crippen LogP contribution in [0.25, 0.3) is 5.65 Å².